The number of nitro groups is 1. The summed E-state index contributed by atoms with van der Waals surface area (Å²) in [7, 11) is 0. The molecule has 5 nitrogen and oxygen atoms in total. The van der Waals surface area contributed by atoms with Crippen molar-refractivity contribution in [2.75, 3.05) is 6.61 Å². The van der Waals surface area contributed by atoms with Gasteiger partial charge in [-0.1, -0.05) is 12.0 Å². The molecule has 0 aliphatic carbocycles. The fourth-order valence-electron chi connectivity index (χ4n) is 1.00. The maximum absolute atomic E-state index is 11.4. The van der Waals surface area contributed by atoms with Gasteiger partial charge < -0.3 is 4.74 Å². The second kappa shape index (κ2) is 5.51. The molecule has 0 bridgehead atoms. The molecule has 5 heteroatoms. The van der Waals surface area contributed by atoms with Crippen molar-refractivity contribution in [3.8, 4) is 11.8 Å². The molecule has 0 N–H and O–H groups in total. The Labute approximate surface area is 92.2 Å². The largest absolute Gasteiger partial charge is 0.449 e. The number of benzene rings is 1. The molecule has 0 aliphatic heterocycles. The molecule has 0 aliphatic rings. The summed E-state index contributed by atoms with van der Waals surface area (Å²) in [6, 6.07) is 5.36. The fourth-order valence-corrected chi connectivity index (χ4v) is 1.00. The Morgan fingerprint density at radius 3 is 2.94 bits per heavy atom. The molecule has 82 valence electrons. The number of nitro benzene ring substituents is 1. The lowest BCUT2D eigenvalue weighted by Crippen LogP contribution is -2.05. The normalized spacial score (nSPS) is 8.81. The number of ether oxygens (including phenoxy) is 1. The predicted octanol–water partition coefficient (Wildman–Crippen LogP) is 1.77. The molecule has 1 rings (SSSR count). The van der Waals surface area contributed by atoms with Crippen LogP contribution < -0.4 is 0 Å². The van der Waals surface area contributed by atoms with Gasteiger partial charge in [-0.05, 0) is 13.0 Å². The molecule has 0 saturated heterocycles. The topological polar surface area (TPSA) is 69.4 Å². The van der Waals surface area contributed by atoms with Gasteiger partial charge in [0, 0.05) is 12.1 Å². The number of esters is 1. The minimum absolute atomic E-state index is 0.0158. The van der Waals surface area contributed by atoms with Crippen LogP contribution in [-0.4, -0.2) is 17.5 Å². The first-order valence-electron chi connectivity index (χ1n) is 4.46. The van der Waals surface area contributed by atoms with E-state index in [2.05, 4.69) is 11.8 Å². The zero-order chi connectivity index (χ0) is 12.0. The summed E-state index contributed by atoms with van der Waals surface area (Å²) in [5.74, 6) is 4.51. The van der Waals surface area contributed by atoms with Gasteiger partial charge in [0.2, 0.25) is 0 Å². The molecule has 0 heterocycles. The van der Waals surface area contributed by atoms with E-state index in [1.54, 1.807) is 6.92 Å². The Bertz CT molecular complexity index is 470. The van der Waals surface area contributed by atoms with Crippen molar-refractivity contribution in [3.05, 3.63) is 39.9 Å². The van der Waals surface area contributed by atoms with Crippen LogP contribution >= 0.6 is 0 Å². The Kier molecular flexibility index (Phi) is 4.04. The van der Waals surface area contributed by atoms with Crippen LogP contribution in [0.5, 0.6) is 0 Å². The van der Waals surface area contributed by atoms with Crippen molar-refractivity contribution in [2.45, 2.75) is 6.92 Å². The summed E-state index contributed by atoms with van der Waals surface area (Å²) in [5.41, 5.74) is 0.00290. The second-order valence-corrected chi connectivity index (χ2v) is 2.81. The Morgan fingerprint density at radius 2 is 2.31 bits per heavy atom. The van der Waals surface area contributed by atoms with Gasteiger partial charge in [0.1, 0.15) is 0 Å². The highest BCUT2D eigenvalue weighted by atomic mass is 16.6. The second-order valence-electron chi connectivity index (χ2n) is 2.81. The molecular weight excluding hydrogens is 210 g/mol. The molecule has 16 heavy (non-hydrogen) atoms. The van der Waals surface area contributed by atoms with Crippen molar-refractivity contribution in [3.63, 3.8) is 0 Å². The highest BCUT2D eigenvalue weighted by Gasteiger charge is 2.11. The van der Waals surface area contributed by atoms with E-state index in [9.17, 15) is 14.9 Å². The lowest BCUT2D eigenvalue weighted by Gasteiger charge is -2.00. The van der Waals surface area contributed by atoms with Crippen LogP contribution in [0.3, 0.4) is 0 Å². The summed E-state index contributed by atoms with van der Waals surface area (Å²) in [6.07, 6.45) is 0. The number of carbonyl (C=O) groups is 1. The van der Waals surface area contributed by atoms with Gasteiger partial charge in [-0.2, -0.15) is 0 Å². The summed E-state index contributed by atoms with van der Waals surface area (Å²) < 4.78 is 4.77. The zero-order valence-electron chi connectivity index (χ0n) is 8.60. The highest BCUT2D eigenvalue weighted by molar-refractivity contribution is 5.90. The first-order valence-corrected chi connectivity index (χ1v) is 4.46. The molecule has 0 radical (unpaired) electrons. The van der Waals surface area contributed by atoms with Crippen molar-refractivity contribution in [1.82, 2.24) is 0 Å². The quantitative estimate of drug-likeness (QED) is 0.336. The van der Waals surface area contributed by atoms with Crippen LogP contribution in [-0.2, 0) is 4.74 Å². The Balaban J connectivity index is 2.78. The van der Waals surface area contributed by atoms with Crippen LogP contribution in [0.2, 0.25) is 0 Å². The maximum Gasteiger partial charge on any atom is 0.339 e. The number of carbonyl (C=O) groups excluding carboxylic acids is 1. The third kappa shape index (κ3) is 3.10. The molecule has 0 fully saturated rings. The average Bonchev–Trinajstić information content (AvgIpc) is 2.29. The molecule has 0 aromatic heterocycles. The minimum Gasteiger partial charge on any atom is -0.449 e. The van der Waals surface area contributed by atoms with Crippen LogP contribution in [0, 0.1) is 22.0 Å². The molecule has 0 unspecified atom stereocenters. The minimum atomic E-state index is -0.619. The number of nitrogens with zero attached hydrogens (tertiary/aromatic N) is 1. The predicted molar refractivity (Wildman–Crippen MR) is 56.8 cm³/mol. The molecule has 0 atom stereocenters. The van der Waals surface area contributed by atoms with Gasteiger partial charge in [-0.3, -0.25) is 10.1 Å². The third-order valence-corrected chi connectivity index (χ3v) is 1.74. The summed E-state index contributed by atoms with van der Waals surface area (Å²) >= 11 is 0. The van der Waals surface area contributed by atoms with E-state index in [4.69, 9.17) is 4.74 Å². The van der Waals surface area contributed by atoms with E-state index in [1.165, 1.54) is 24.3 Å². The van der Waals surface area contributed by atoms with Gasteiger partial charge in [-0.25, -0.2) is 4.79 Å². The van der Waals surface area contributed by atoms with Gasteiger partial charge in [0.05, 0.1) is 10.5 Å². The van der Waals surface area contributed by atoms with E-state index >= 15 is 0 Å². The Morgan fingerprint density at radius 1 is 1.56 bits per heavy atom. The number of rotatable bonds is 3. The van der Waals surface area contributed by atoms with Gasteiger partial charge in [-0.15, -0.1) is 5.92 Å². The molecule has 0 amide bonds. The maximum atomic E-state index is 11.4. The van der Waals surface area contributed by atoms with E-state index in [1.807, 2.05) is 0 Å². The highest BCUT2D eigenvalue weighted by Crippen LogP contribution is 2.13. The van der Waals surface area contributed by atoms with Crippen LogP contribution in [0.15, 0.2) is 24.3 Å². The third-order valence-electron chi connectivity index (χ3n) is 1.74. The van der Waals surface area contributed by atoms with Crippen molar-refractivity contribution in [1.29, 1.82) is 0 Å². The molecule has 1 aromatic carbocycles. The van der Waals surface area contributed by atoms with Gasteiger partial charge in [0.15, 0.2) is 6.61 Å². The van der Waals surface area contributed by atoms with Gasteiger partial charge >= 0.3 is 5.97 Å². The van der Waals surface area contributed by atoms with E-state index in [0.29, 0.717) is 0 Å². The number of non-ortho nitro benzene ring substituents is 1. The summed E-state index contributed by atoms with van der Waals surface area (Å²) in [4.78, 5) is 21.3. The fraction of sp³-hybridized carbons (Fsp3) is 0.182. The van der Waals surface area contributed by atoms with Crippen molar-refractivity contribution < 1.29 is 14.5 Å². The van der Waals surface area contributed by atoms with Crippen molar-refractivity contribution in [2.24, 2.45) is 0 Å². The lowest BCUT2D eigenvalue weighted by atomic mass is 10.2. The van der Waals surface area contributed by atoms with E-state index in [-0.39, 0.29) is 17.9 Å². The first kappa shape index (κ1) is 11.7. The first-order chi connectivity index (χ1) is 7.65. The SMILES string of the molecule is CC#CCOC(=O)c1cccc([N+](=O)[O-])c1. The van der Waals surface area contributed by atoms with Crippen LogP contribution in [0.1, 0.15) is 17.3 Å². The molecule has 0 spiro atoms. The molecule has 0 saturated carbocycles. The van der Waals surface area contributed by atoms with Crippen LogP contribution in [0.4, 0.5) is 5.69 Å². The zero-order valence-corrected chi connectivity index (χ0v) is 8.60. The van der Waals surface area contributed by atoms with Crippen molar-refractivity contribution >= 4 is 11.7 Å². The lowest BCUT2D eigenvalue weighted by molar-refractivity contribution is -0.384. The van der Waals surface area contributed by atoms with E-state index in [0.717, 1.165) is 0 Å². The Hall–Kier alpha value is -2.35. The number of hydrogen-bond acceptors (Lipinski definition) is 4. The average molecular weight is 219 g/mol. The summed E-state index contributed by atoms with van der Waals surface area (Å²) in [5, 5.41) is 10.5. The molecular formula is C11H9NO4. The standard InChI is InChI=1S/C11H9NO4/c1-2-3-7-16-11(13)9-5-4-6-10(8-9)12(14)15/h4-6,8H,7H2,1H3. The number of hydrogen-bond donors (Lipinski definition) is 0. The smallest absolute Gasteiger partial charge is 0.339 e. The van der Waals surface area contributed by atoms with Gasteiger partial charge in [0.25, 0.3) is 5.69 Å². The monoisotopic (exact) mass is 219 g/mol. The molecule has 1 aromatic rings. The van der Waals surface area contributed by atoms with Crippen LogP contribution in [0.25, 0.3) is 0 Å². The van der Waals surface area contributed by atoms with E-state index < -0.39 is 10.9 Å². The summed E-state index contributed by atoms with van der Waals surface area (Å²) in [6.45, 7) is 1.61.